The highest BCUT2D eigenvalue weighted by Crippen LogP contribution is 2.18. The standard InChI is InChI=1S/C22H31N5O2.HI/c1-3-24-22(27-11-6-9-20(16-27)21(28)29-4-2)25-14-18-7-5-8-19(13-18)15-26-12-10-23-17-26;/h5,7-8,10,12-13,17,20H,3-4,6,9,11,14-16H2,1-2H3,(H,24,25);1H. The quantitative estimate of drug-likeness (QED) is 0.260. The summed E-state index contributed by atoms with van der Waals surface area (Å²) in [5.41, 5.74) is 2.39. The molecule has 164 valence electrons. The molecule has 1 N–H and O–H groups in total. The summed E-state index contributed by atoms with van der Waals surface area (Å²) in [6.07, 6.45) is 7.42. The zero-order valence-corrected chi connectivity index (χ0v) is 20.1. The van der Waals surface area contributed by atoms with E-state index in [2.05, 4.69) is 51.0 Å². The molecule has 8 heteroatoms. The Morgan fingerprint density at radius 2 is 2.17 bits per heavy atom. The molecule has 1 fully saturated rings. The Morgan fingerprint density at radius 3 is 2.90 bits per heavy atom. The fourth-order valence-corrected chi connectivity index (χ4v) is 3.63. The molecule has 0 saturated carbocycles. The summed E-state index contributed by atoms with van der Waals surface area (Å²) in [7, 11) is 0. The highest BCUT2D eigenvalue weighted by molar-refractivity contribution is 14.0. The number of carbonyl (C=O) groups excluding carboxylic acids is 1. The maximum absolute atomic E-state index is 12.2. The van der Waals surface area contributed by atoms with Gasteiger partial charge in [-0.25, -0.2) is 9.98 Å². The fourth-order valence-electron chi connectivity index (χ4n) is 3.63. The minimum atomic E-state index is -0.0970. The lowest BCUT2D eigenvalue weighted by Gasteiger charge is -2.34. The number of aliphatic imine (C=N–C) groups is 1. The van der Waals surface area contributed by atoms with Gasteiger partial charge in [-0.15, -0.1) is 24.0 Å². The molecule has 0 spiro atoms. The van der Waals surface area contributed by atoms with Crippen molar-refractivity contribution in [3.05, 3.63) is 54.1 Å². The predicted octanol–water partition coefficient (Wildman–Crippen LogP) is 3.29. The van der Waals surface area contributed by atoms with Gasteiger partial charge in [-0.1, -0.05) is 24.3 Å². The SMILES string of the molecule is CCNC(=NCc1cccc(Cn2ccnc2)c1)N1CCCC(C(=O)OCC)C1.I. The van der Waals surface area contributed by atoms with Crippen molar-refractivity contribution in [1.29, 1.82) is 0 Å². The van der Waals surface area contributed by atoms with Gasteiger partial charge in [-0.05, 0) is 37.8 Å². The van der Waals surface area contributed by atoms with Crippen LogP contribution in [0, 0.1) is 5.92 Å². The van der Waals surface area contributed by atoms with Crippen LogP contribution >= 0.6 is 24.0 Å². The van der Waals surface area contributed by atoms with Gasteiger partial charge in [0.25, 0.3) is 0 Å². The minimum Gasteiger partial charge on any atom is -0.466 e. The second-order valence-corrected chi connectivity index (χ2v) is 7.26. The van der Waals surface area contributed by atoms with Crippen LogP contribution in [0.25, 0.3) is 0 Å². The second-order valence-electron chi connectivity index (χ2n) is 7.26. The first kappa shape index (κ1) is 24.2. The van der Waals surface area contributed by atoms with E-state index >= 15 is 0 Å². The van der Waals surface area contributed by atoms with Gasteiger partial charge < -0.3 is 19.5 Å². The molecule has 0 amide bonds. The van der Waals surface area contributed by atoms with Crippen molar-refractivity contribution in [2.24, 2.45) is 10.9 Å². The molecule has 1 aromatic carbocycles. The summed E-state index contributed by atoms with van der Waals surface area (Å²) < 4.78 is 7.27. The van der Waals surface area contributed by atoms with E-state index in [1.54, 1.807) is 6.20 Å². The van der Waals surface area contributed by atoms with Crippen molar-refractivity contribution in [2.75, 3.05) is 26.2 Å². The number of likely N-dealkylation sites (tertiary alicyclic amines) is 1. The molecule has 1 aromatic heterocycles. The van der Waals surface area contributed by atoms with Crippen LogP contribution in [0.1, 0.15) is 37.8 Å². The lowest BCUT2D eigenvalue weighted by molar-refractivity contribution is -0.149. The number of nitrogens with zero attached hydrogens (tertiary/aromatic N) is 4. The molecular formula is C22H32IN5O2. The van der Waals surface area contributed by atoms with Crippen LogP contribution in [0.4, 0.5) is 0 Å². The third kappa shape index (κ3) is 7.00. The van der Waals surface area contributed by atoms with Crippen LogP contribution in [0.15, 0.2) is 48.0 Å². The monoisotopic (exact) mass is 525 g/mol. The Bertz CT molecular complexity index is 810. The number of benzene rings is 1. The Balaban J connectivity index is 0.00000320. The summed E-state index contributed by atoms with van der Waals surface area (Å²) in [5.74, 6) is 0.688. The first-order valence-electron chi connectivity index (χ1n) is 10.4. The van der Waals surface area contributed by atoms with Crippen molar-refractivity contribution in [3.8, 4) is 0 Å². The topological polar surface area (TPSA) is 71.8 Å². The highest BCUT2D eigenvalue weighted by Gasteiger charge is 2.28. The van der Waals surface area contributed by atoms with Crippen molar-refractivity contribution < 1.29 is 9.53 Å². The fraction of sp³-hybridized carbons (Fsp3) is 0.500. The zero-order valence-electron chi connectivity index (χ0n) is 17.8. The van der Waals surface area contributed by atoms with Crippen LogP contribution in [0.3, 0.4) is 0 Å². The molecule has 0 radical (unpaired) electrons. The van der Waals surface area contributed by atoms with E-state index in [4.69, 9.17) is 9.73 Å². The number of halogens is 1. The van der Waals surface area contributed by atoms with Gasteiger partial charge in [0.05, 0.1) is 25.4 Å². The number of carbonyl (C=O) groups is 1. The van der Waals surface area contributed by atoms with E-state index < -0.39 is 0 Å². The lowest BCUT2D eigenvalue weighted by Crippen LogP contribution is -2.48. The van der Waals surface area contributed by atoms with Crippen LogP contribution in [0.5, 0.6) is 0 Å². The number of imidazole rings is 1. The molecule has 1 aliphatic heterocycles. The largest absolute Gasteiger partial charge is 0.466 e. The van der Waals surface area contributed by atoms with Gasteiger partial charge in [0.1, 0.15) is 0 Å². The highest BCUT2D eigenvalue weighted by atomic mass is 127. The average Bonchev–Trinajstić information content (AvgIpc) is 3.25. The summed E-state index contributed by atoms with van der Waals surface area (Å²) in [6, 6.07) is 8.47. The Morgan fingerprint density at radius 1 is 1.33 bits per heavy atom. The van der Waals surface area contributed by atoms with Crippen molar-refractivity contribution in [1.82, 2.24) is 19.8 Å². The maximum atomic E-state index is 12.2. The smallest absolute Gasteiger partial charge is 0.310 e. The van der Waals surface area contributed by atoms with Gasteiger partial charge in [0, 0.05) is 38.6 Å². The van der Waals surface area contributed by atoms with Gasteiger partial charge in [0.2, 0.25) is 0 Å². The maximum Gasteiger partial charge on any atom is 0.310 e. The van der Waals surface area contributed by atoms with Crippen molar-refractivity contribution >= 4 is 35.9 Å². The van der Waals surface area contributed by atoms with Gasteiger partial charge >= 0.3 is 5.97 Å². The zero-order chi connectivity index (χ0) is 20.5. The number of piperidine rings is 1. The molecule has 1 atom stereocenters. The number of hydrogen-bond acceptors (Lipinski definition) is 4. The molecule has 2 heterocycles. The molecule has 0 aliphatic carbocycles. The lowest BCUT2D eigenvalue weighted by atomic mass is 9.98. The van der Waals surface area contributed by atoms with Crippen molar-refractivity contribution in [2.45, 2.75) is 39.8 Å². The third-order valence-corrected chi connectivity index (χ3v) is 5.00. The normalized spacial score (nSPS) is 16.7. The van der Waals surface area contributed by atoms with Gasteiger partial charge in [0.15, 0.2) is 5.96 Å². The number of nitrogens with one attached hydrogen (secondary N) is 1. The number of hydrogen-bond donors (Lipinski definition) is 1. The van der Waals surface area contributed by atoms with Crippen LogP contribution < -0.4 is 5.32 Å². The van der Waals surface area contributed by atoms with Gasteiger partial charge in [-0.3, -0.25) is 4.79 Å². The summed E-state index contributed by atoms with van der Waals surface area (Å²) in [4.78, 5) is 23.3. The number of aromatic nitrogens is 2. The molecule has 7 nitrogen and oxygen atoms in total. The van der Waals surface area contributed by atoms with Crippen LogP contribution in [-0.2, 0) is 22.6 Å². The molecule has 3 rings (SSSR count). The minimum absolute atomic E-state index is 0. The molecule has 1 saturated heterocycles. The Hall–Kier alpha value is -2.10. The first-order chi connectivity index (χ1) is 14.2. The summed E-state index contributed by atoms with van der Waals surface area (Å²) in [5, 5.41) is 3.38. The van der Waals surface area contributed by atoms with E-state index in [0.717, 1.165) is 44.0 Å². The number of rotatable bonds is 7. The number of guanidine groups is 1. The Kier molecular flexibility index (Phi) is 10.1. The predicted molar refractivity (Wildman–Crippen MR) is 129 cm³/mol. The molecule has 0 bridgehead atoms. The second kappa shape index (κ2) is 12.6. The first-order valence-corrected chi connectivity index (χ1v) is 10.4. The summed E-state index contributed by atoms with van der Waals surface area (Å²) >= 11 is 0. The van der Waals surface area contributed by atoms with E-state index in [0.29, 0.717) is 19.7 Å². The number of esters is 1. The molecular weight excluding hydrogens is 493 g/mol. The van der Waals surface area contributed by atoms with Gasteiger partial charge in [-0.2, -0.15) is 0 Å². The van der Waals surface area contributed by atoms with E-state index in [1.165, 1.54) is 5.56 Å². The van der Waals surface area contributed by atoms with E-state index in [-0.39, 0.29) is 35.9 Å². The molecule has 30 heavy (non-hydrogen) atoms. The van der Waals surface area contributed by atoms with E-state index in [9.17, 15) is 4.79 Å². The average molecular weight is 525 g/mol. The Labute approximate surface area is 195 Å². The summed E-state index contributed by atoms with van der Waals surface area (Å²) in [6.45, 7) is 8.09. The van der Waals surface area contributed by atoms with Crippen molar-refractivity contribution in [3.63, 3.8) is 0 Å². The molecule has 1 unspecified atom stereocenters. The molecule has 2 aromatic rings. The molecule has 1 aliphatic rings. The van der Waals surface area contributed by atoms with E-state index in [1.807, 2.05) is 19.4 Å². The third-order valence-electron chi connectivity index (χ3n) is 5.00. The van der Waals surface area contributed by atoms with Crippen LogP contribution in [-0.4, -0.2) is 52.6 Å². The number of ether oxygens (including phenoxy) is 1. The van der Waals surface area contributed by atoms with Crippen LogP contribution in [0.2, 0.25) is 0 Å².